The van der Waals surface area contributed by atoms with E-state index in [1.807, 2.05) is 0 Å². The van der Waals surface area contributed by atoms with Crippen molar-refractivity contribution in [3.63, 3.8) is 0 Å². The Morgan fingerprint density at radius 1 is 1.42 bits per heavy atom. The minimum absolute atomic E-state index is 0.205. The van der Waals surface area contributed by atoms with Crippen LogP contribution in [0.25, 0.3) is 0 Å². The van der Waals surface area contributed by atoms with Crippen LogP contribution in [0.4, 0.5) is 8.78 Å². The van der Waals surface area contributed by atoms with Crippen LogP contribution >= 0.6 is 0 Å². The molecule has 3 N–H and O–H groups in total. The van der Waals surface area contributed by atoms with Crippen LogP contribution in [0, 0.1) is 11.6 Å². The van der Waals surface area contributed by atoms with Crippen molar-refractivity contribution < 1.29 is 13.6 Å². The van der Waals surface area contributed by atoms with Gasteiger partial charge in [0, 0.05) is 18.0 Å². The summed E-state index contributed by atoms with van der Waals surface area (Å²) in [5.41, 5.74) is 4.78. The number of carbonyl (C=O) groups excluding carboxylic acids is 1. The van der Waals surface area contributed by atoms with E-state index in [9.17, 15) is 13.6 Å². The number of amides is 1. The maximum absolute atomic E-state index is 13.7. The van der Waals surface area contributed by atoms with Gasteiger partial charge in [0.15, 0.2) is 0 Å². The van der Waals surface area contributed by atoms with Crippen LogP contribution in [-0.4, -0.2) is 18.0 Å². The highest BCUT2D eigenvalue weighted by atomic mass is 19.1. The van der Waals surface area contributed by atoms with Crippen molar-refractivity contribution in [2.75, 3.05) is 6.54 Å². The van der Waals surface area contributed by atoms with Crippen LogP contribution in [-0.2, 0) is 10.2 Å². The standard InChI is InChI=1S/C14H18F2N2O/c1-13(2,8-18-12(19)14(17)5-6-14)10-4-3-9(15)7-11(10)16/h3-4,7H,5-6,8,17H2,1-2H3,(H,18,19). The summed E-state index contributed by atoms with van der Waals surface area (Å²) in [4.78, 5) is 11.8. The van der Waals surface area contributed by atoms with Gasteiger partial charge in [0.05, 0.1) is 5.54 Å². The summed E-state index contributed by atoms with van der Waals surface area (Å²) < 4.78 is 26.6. The molecule has 1 aromatic rings. The number of halogens is 2. The van der Waals surface area contributed by atoms with Crippen LogP contribution < -0.4 is 11.1 Å². The van der Waals surface area contributed by atoms with Gasteiger partial charge in [-0.1, -0.05) is 19.9 Å². The molecule has 1 amide bonds. The molecule has 3 nitrogen and oxygen atoms in total. The van der Waals surface area contributed by atoms with Gasteiger partial charge in [0.1, 0.15) is 11.6 Å². The number of nitrogens with one attached hydrogen (secondary N) is 1. The molecule has 0 heterocycles. The van der Waals surface area contributed by atoms with Crippen LogP contribution in [0.1, 0.15) is 32.3 Å². The van der Waals surface area contributed by atoms with Crippen LogP contribution in [0.15, 0.2) is 18.2 Å². The SMILES string of the molecule is CC(C)(CNC(=O)C1(N)CC1)c1ccc(F)cc1F. The molecule has 5 heteroatoms. The maximum atomic E-state index is 13.7. The number of benzene rings is 1. The molecule has 1 aliphatic carbocycles. The summed E-state index contributed by atoms with van der Waals surface area (Å²) in [7, 11) is 0. The Hall–Kier alpha value is -1.49. The molecule has 0 atom stereocenters. The van der Waals surface area contributed by atoms with E-state index in [0.717, 1.165) is 6.07 Å². The Morgan fingerprint density at radius 3 is 2.58 bits per heavy atom. The zero-order valence-electron chi connectivity index (χ0n) is 11.1. The van der Waals surface area contributed by atoms with E-state index >= 15 is 0 Å². The second-order valence-corrected chi connectivity index (χ2v) is 5.85. The van der Waals surface area contributed by atoms with Gasteiger partial charge in [-0.2, -0.15) is 0 Å². The molecule has 0 spiro atoms. The van der Waals surface area contributed by atoms with E-state index < -0.39 is 22.6 Å². The molecule has 0 bridgehead atoms. The third kappa shape index (κ3) is 2.92. The summed E-state index contributed by atoms with van der Waals surface area (Å²) in [6.45, 7) is 3.84. The molecule has 1 aliphatic rings. The number of rotatable bonds is 4. The molecule has 1 fully saturated rings. The minimum Gasteiger partial charge on any atom is -0.354 e. The second-order valence-electron chi connectivity index (χ2n) is 5.85. The van der Waals surface area contributed by atoms with E-state index in [1.54, 1.807) is 13.8 Å². The Balaban J connectivity index is 2.07. The van der Waals surface area contributed by atoms with E-state index in [2.05, 4.69) is 5.32 Å². The summed E-state index contributed by atoms with van der Waals surface area (Å²) in [6.07, 6.45) is 1.37. The summed E-state index contributed by atoms with van der Waals surface area (Å²) in [5, 5.41) is 2.74. The van der Waals surface area contributed by atoms with Gasteiger partial charge >= 0.3 is 0 Å². The molecule has 1 saturated carbocycles. The van der Waals surface area contributed by atoms with Crippen molar-refractivity contribution >= 4 is 5.91 Å². The minimum atomic E-state index is -0.739. The molecule has 0 saturated heterocycles. The van der Waals surface area contributed by atoms with E-state index in [4.69, 9.17) is 5.73 Å². The number of carbonyl (C=O) groups is 1. The highest BCUT2D eigenvalue weighted by Gasteiger charge is 2.46. The maximum Gasteiger partial charge on any atom is 0.240 e. The monoisotopic (exact) mass is 268 g/mol. The highest BCUT2D eigenvalue weighted by Crippen LogP contribution is 2.32. The molecule has 104 valence electrons. The molecule has 0 unspecified atom stereocenters. The van der Waals surface area contributed by atoms with E-state index in [0.29, 0.717) is 18.4 Å². The van der Waals surface area contributed by atoms with Gasteiger partial charge in [-0.25, -0.2) is 8.78 Å². The highest BCUT2D eigenvalue weighted by molar-refractivity contribution is 5.89. The van der Waals surface area contributed by atoms with Gasteiger partial charge in [-0.3, -0.25) is 4.79 Å². The summed E-state index contributed by atoms with van der Waals surface area (Å²) in [5.74, 6) is -1.42. The van der Waals surface area contributed by atoms with Crippen molar-refractivity contribution in [2.24, 2.45) is 5.73 Å². The topological polar surface area (TPSA) is 55.1 Å². The molecular formula is C14H18F2N2O. The molecule has 0 radical (unpaired) electrons. The predicted octanol–water partition coefficient (Wildman–Crippen LogP) is 1.85. The Kier molecular flexibility index (Phi) is 3.34. The zero-order chi connectivity index (χ0) is 14.3. The van der Waals surface area contributed by atoms with Gasteiger partial charge in [0.2, 0.25) is 5.91 Å². The van der Waals surface area contributed by atoms with Gasteiger partial charge < -0.3 is 11.1 Å². The lowest BCUT2D eigenvalue weighted by Gasteiger charge is -2.27. The Labute approximate surface area is 111 Å². The van der Waals surface area contributed by atoms with Crippen LogP contribution in [0.2, 0.25) is 0 Å². The lowest BCUT2D eigenvalue weighted by atomic mass is 9.84. The van der Waals surface area contributed by atoms with Crippen molar-refractivity contribution in [2.45, 2.75) is 37.6 Å². The smallest absolute Gasteiger partial charge is 0.240 e. The first-order valence-corrected chi connectivity index (χ1v) is 6.27. The number of nitrogens with two attached hydrogens (primary N) is 1. The Morgan fingerprint density at radius 2 is 2.05 bits per heavy atom. The van der Waals surface area contributed by atoms with Crippen molar-refractivity contribution in [1.82, 2.24) is 5.32 Å². The second kappa shape index (κ2) is 4.56. The molecule has 0 aliphatic heterocycles. The van der Waals surface area contributed by atoms with Crippen molar-refractivity contribution in [3.05, 3.63) is 35.4 Å². The third-order valence-corrected chi connectivity index (χ3v) is 3.59. The summed E-state index contributed by atoms with van der Waals surface area (Å²) >= 11 is 0. The van der Waals surface area contributed by atoms with Crippen LogP contribution in [0.3, 0.4) is 0 Å². The average molecular weight is 268 g/mol. The average Bonchev–Trinajstić information content (AvgIpc) is 3.05. The molecular weight excluding hydrogens is 250 g/mol. The van der Waals surface area contributed by atoms with Crippen LogP contribution in [0.5, 0.6) is 0 Å². The molecule has 19 heavy (non-hydrogen) atoms. The fraction of sp³-hybridized carbons (Fsp3) is 0.500. The van der Waals surface area contributed by atoms with Gasteiger partial charge in [-0.05, 0) is 24.5 Å². The molecule has 0 aromatic heterocycles. The largest absolute Gasteiger partial charge is 0.354 e. The van der Waals surface area contributed by atoms with Crippen molar-refractivity contribution in [3.8, 4) is 0 Å². The number of hydrogen-bond acceptors (Lipinski definition) is 2. The van der Waals surface area contributed by atoms with E-state index in [-0.39, 0.29) is 12.5 Å². The first-order chi connectivity index (χ1) is 8.74. The first-order valence-electron chi connectivity index (χ1n) is 6.27. The molecule has 2 rings (SSSR count). The lowest BCUT2D eigenvalue weighted by molar-refractivity contribution is -0.123. The molecule has 1 aromatic carbocycles. The quantitative estimate of drug-likeness (QED) is 0.875. The fourth-order valence-electron chi connectivity index (χ4n) is 1.97. The predicted molar refractivity (Wildman–Crippen MR) is 68.5 cm³/mol. The van der Waals surface area contributed by atoms with E-state index in [1.165, 1.54) is 12.1 Å². The number of hydrogen-bond donors (Lipinski definition) is 2. The van der Waals surface area contributed by atoms with Gasteiger partial charge in [-0.15, -0.1) is 0 Å². The Bertz CT molecular complexity index is 510. The van der Waals surface area contributed by atoms with Gasteiger partial charge in [0.25, 0.3) is 0 Å². The lowest BCUT2D eigenvalue weighted by Crippen LogP contribution is -2.47. The van der Waals surface area contributed by atoms with Crippen molar-refractivity contribution in [1.29, 1.82) is 0 Å². The first kappa shape index (κ1) is 13.9. The normalized spacial score (nSPS) is 17.1. The summed E-state index contributed by atoms with van der Waals surface area (Å²) in [6, 6.07) is 3.48. The fourth-order valence-corrected chi connectivity index (χ4v) is 1.97. The third-order valence-electron chi connectivity index (χ3n) is 3.59. The zero-order valence-corrected chi connectivity index (χ0v) is 11.1.